The zero-order valence-corrected chi connectivity index (χ0v) is 21.9. The molecule has 0 spiro atoms. The summed E-state index contributed by atoms with van der Waals surface area (Å²) >= 11 is 0. The first-order valence-electron chi connectivity index (χ1n) is 14.9. The van der Waals surface area contributed by atoms with Crippen molar-refractivity contribution in [3.63, 3.8) is 0 Å². The molecule has 4 bridgehead atoms. The van der Waals surface area contributed by atoms with Crippen LogP contribution in [0.5, 0.6) is 0 Å². The number of alkyl carbamates (subject to hydrolysis) is 1. The fourth-order valence-electron chi connectivity index (χ4n) is 7.07. The van der Waals surface area contributed by atoms with E-state index in [0.29, 0.717) is 25.7 Å². The van der Waals surface area contributed by atoms with E-state index in [2.05, 4.69) is 5.32 Å². The van der Waals surface area contributed by atoms with E-state index in [-0.39, 0.29) is 18.3 Å². The molecule has 3 rings (SSSR count). The Morgan fingerprint density at radius 2 is 1.32 bits per heavy atom. The minimum Gasteiger partial charge on any atom is -0.443 e. The minimum absolute atomic E-state index is 0.0110. The number of hydrogen-bond acceptors (Lipinski definition) is 4. The van der Waals surface area contributed by atoms with E-state index < -0.39 is 0 Å². The lowest BCUT2D eigenvalue weighted by atomic mass is 9.72. The summed E-state index contributed by atoms with van der Waals surface area (Å²) in [6.45, 7) is 1.17. The van der Waals surface area contributed by atoms with Crippen LogP contribution in [0.25, 0.3) is 0 Å². The molecule has 2 N–H and O–H groups in total. The Kier molecular flexibility index (Phi) is 13.1. The summed E-state index contributed by atoms with van der Waals surface area (Å²) < 4.78 is 11.7. The first-order valence-corrected chi connectivity index (χ1v) is 14.9. The van der Waals surface area contributed by atoms with E-state index in [1.165, 1.54) is 109 Å². The van der Waals surface area contributed by atoms with Gasteiger partial charge in [-0.15, -0.1) is 0 Å². The monoisotopic (exact) mass is 479 g/mol. The first kappa shape index (κ1) is 27.8. The van der Waals surface area contributed by atoms with Gasteiger partial charge in [0, 0.05) is 6.54 Å². The van der Waals surface area contributed by atoms with Gasteiger partial charge < -0.3 is 19.9 Å². The number of carbonyl (C=O) groups is 1. The van der Waals surface area contributed by atoms with Crippen molar-refractivity contribution in [1.29, 1.82) is 0 Å². The molecule has 0 aromatic rings. The Bertz CT molecular complexity index is 556. The van der Waals surface area contributed by atoms with Crippen LogP contribution in [0.15, 0.2) is 0 Å². The van der Waals surface area contributed by atoms with Crippen molar-refractivity contribution in [1.82, 2.24) is 5.32 Å². The Labute approximate surface area is 209 Å². The second kappa shape index (κ2) is 16.0. The van der Waals surface area contributed by atoms with Crippen molar-refractivity contribution in [2.75, 3.05) is 26.4 Å². The van der Waals surface area contributed by atoms with Crippen LogP contribution in [0.4, 0.5) is 4.79 Å². The van der Waals surface area contributed by atoms with E-state index in [4.69, 9.17) is 14.6 Å². The van der Waals surface area contributed by atoms with Crippen LogP contribution < -0.4 is 5.32 Å². The molecule has 3 fully saturated rings. The molecule has 0 aliphatic heterocycles. The lowest BCUT2D eigenvalue weighted by Gasteiger charge is -2.40. The van der Waals surface area contributed by atoms with Crippen molar-refractivity contribution in [3.05, 3.63) is 0 Å². The molecule has 0 aromatic carbocycles. The topological polar surface area (TPSA) is 67.8 Å². The normalized spacial score (nSPS) is 32.2. The quantitative estimate of drug-likeness (QED) is 0.397. The second-order valence-electron chi connectivity index (χ2n) is 11.5. The average molecular weight is 480 g/mol. The molecule has 1 amide bonds. The molecule has 3 saturated carbocycles. The maximum absolute atomic E-state index is 12.9. The van der Waals surface area contributed by atoms with Crippen LogP contribution in [-0.2, 0) is 9.47 Å². The number of amides is 1. The zero-order chi connectivity index (χ0) is 23.9. The maximum atomic E-state index is 12.9. The number of carbonyl (C=O) groups excluding carboxylic acids is 1. The third-order valence-corrected chi connectivity index (χ3v) is 8.94. The van der Waals surface area contributed by atoms with Crippen LogP contribution in [0.1, 0.15) is 128 Å². The van der Waals surface area contributed by atoms with Crippen molar-refractivity contribution in [2.45, 2.75) is 134 Å². The molecule has 34 heavy (non-hydrogen) atoms. The minimum atomic E-state index is -0.300. The molecule has 5 nitrogen and oxygen atoms in total. The molecular weight excluding hydrogens is 426 g/mol. The molecule has 0 aromatic heterocycles. The van der Waals surface area contributed by atoms with Crippen molar-refractivity contribution in [3.8, 4) is 0 Å². The van der Waals surface area contributed by atoms with E-state index in [1.807, 2.05) is 0 Å². The first-order chi connectivity index (χ1) is 16.7. The number of aliphatic hydroxyl groups is 1. The molecule has 4 unspecified atom stereocenters. The summed E-state index contributed by atoms with van der Waals surface area (Å²) in [5, 5.41) is 11.8. The predicted molar refractivity (Wildman–Crippen MR) is 138 cm³/mol. The SMILES string of the molecule is O=C(NCCOCCO)OC12CCCCC(CC1)C1CCCCCCCCCC(CCCC1)C2. The fourth-order valence-corrected chi connectivity index (χ4v) is 7.07. The number of aliphatic hydroxyl groups excluding tert-OH is 1. The van der Waals surface area contributed by atoms with Gasteiger partial charge in [0.15, 0.2) is 0 Å². The van der Waals surface area contributed by atoms with E-state index in [9.17, 15) is 4.79 Å². The van der Waals surface area contributed by atoms with Gasteiger partial charge in [-0.25, -0.2) is 4.79 Å². The molecule has 198 valence electrons. The van der Waals surface area contributed by atoms with Gasteiger partial charge in [-0.2, -0.15) is 0 Å². The lowest BCUT2D eigenvalue weighted by molar-refractivity contribution is -0.0345. The highest BCUT2D eigenvalue weighted by Crippen LogP contribution is 2.43. The number of fused-ring (bicyclic) bond motifs is 9. The van der Waals surface area contributed by atoms with Crippen LogP contribution in [0, 0.1) is 17.8 Å². The maximum Gasteiger partial charge on any atom is 0.407 e. The standard InChI is InChI=1S/C29H53NO4/c31-21-23-33-22-20-30-28(32)34-29-18-11-10-16-27(17-19-29)26-14-7-5-3-1-2-4-6-12-25(24-29)13-8-9-15-26/h25-27,31H,1-24H2,(H,30,32). The van der Waals surface area contributed by atoms with Gasteiger partial charge in [0.25, 0.3) is 0 Å². The number of hydrogen-bond donors (Lipinski definition) is 2. The van der Waals surface area contributed by atoms with E-state index >= 15 is 0 Å². The van der Waals surface area contributed by atoms with Gasteiger partial charge in [0.2, 0.25) is 0 Å². The molecule has 4 atom stereocenters. The second-order valence-corrected chi connectivity index (χ2v) is 11.5. The van der Waals surface area contributed by atoms with Crippen molar-refractivity contribution in [2.24, 2.45) is 17.8 Å². The van der Waals surface area contributed by atoms with E-state index in [0.717, 1.165) is 31.1 Å². The Hall–Kier alpha value is -0.810. The van der Waals surface area contributed by atoms with Gasteiger partial charge in [-0.1, -0.05) is 96.3 Å². The van der Waals surface area contributed by atoms with Gasteiger partial charge in [0.05, 0.1) is 19.8 Å². The summed E-state index contributed by atoms with van der Waals surface area (Å²) in [7, 11) is 0. The molecule has 3 aliphatic carbocycles. The van der Waals surface area contributed by atoms with Crippen LogP contribution in [0.2, 0.25) is 0 Å². The number of rotatable bonds is 6. The van der Waals surface area contributed by atoms with Crippen LogP contribution in [0.3, 0.4) is 0 Å². The average Bonchev–Trinajstić information content (AvgIpc) is 2.83. The van der Waals surface area contributed by atoms with Gasteiger partial charge in [-0.05, 0) is 49.9 Å². The summed E-state index contributed by atoms with van der Waals surface area (Å²) in [5.74, 6) is 2.36. The van der Waals surface area contributed by atoms with Crippen molar-refractivity contribution >= 4 is 6.09 Å². The Balaban J connectivity index is 1.73. The van der Waals surface area contributed by atoms with E-state index in [1.54, 1.807) is 0 Å². The molecule has 5 heteroatoms. The number of ether oxygens (including phenoxy) is 2. The molecule has 0 saturated heterocycles. The Morgan fingerprint density at radius 1 is 0.735 bits per heavy atom. The molecule has 3 aliphatic rings. The predicted octanol–water partition coefficient (Wildman–Crippen LogP) is 7.15. The van der Waals surface area contributed by atoms with Crippen LogP contribution in [-0.4, -0.2) is 43.2 Å². The highest BCUT2D eigenvalue weighted by Gasteiger charge is 2.39. The smallest absolute Gasteiger partial charge is 0.407 e. The molecular formula is C29H53NO4. The lowest BCUT2D eigenvalue weighted by Crippen LogP contribution is -2.43. The largest absolute Gasteiger partial charge is 0.443 e. The third-order valence-electron chi connectivity index (χ3n) is 8.94. The summed E-state index contributed by atoms with van der Waals surface area (Å²) in [6.07, 6.45) is 25.8. The van der Waals surface area contributed by atoms with Gasteiger partial charge in [-0.3, -0.25) is 0 Å². The Morgan fingerprint density at radius 3 is 2.06 bits per heavy atom. The highest BCUT2D eigenvalue weighted by molar-refractivity contribution is 5.67. The fraction of sp³-hybridized carbons (Fsp3) is 0.966. The third kappa shape index (κ3) is 10.0. The highest BCUT2D eigenvalue weighted by atomic mass is 16.6. The van der Waals surface area contributed by atoms with Gasteiger partial charge in [0.1, 0.15) is 5.60 Å². The summed E-state index contributed by atoms with van der Waals surface area (Å²) in [5.41, 5.74) is -0.300. The van der Waals surface area contributed by atoms with Crippen molar-refractivity contribution < 1.29 is 19.4 Å². The van der Waals surface area contributed by atoms with Crippen LogP contribution >= 0.6 is 0 Å². The molecule has 0 radical (unpaired) electrons. The number of nitrogens with one attached hydrogen (secondary N) is 1. The summed E-state index contributed by atoms with van der Waals surface area (Å²) in [6, 6.07) is 0. The molecule has 0 heterocycles. The summed E-state index contributed by atoms with van der Waals surface area (Å²) in [4.78, 5) is 12.9. The van der Waals surface area contributed by atoms with Gasteiger partial charge >= 0.3 is 6.09 Å². The zero-order valence-electron chi connectivity index (χ0n) is 21.9.